The van der Waals surface area contributed by atoms with Crippen molar-refractivity contribution in [3.63, 3.8) is 0 Å². The molecule has 1 atom stereocenters. The van der Waals surface area contributed by atoms with Crippen molar-refractivity contribution >= 4 is 0 Å². The summed E-state index contributed by atoms with van der Waals surface area (Å²) in [7, 11) is 0. The highest BCUT2D eigenvalue weighted by atomic mass is 14.1. The molecule has 0 aromatic rings. The lowest BCUT2D eigenvalue weighted by molar-refractivity contribution is 0.418. The van der Waals surface area contributed by atoms with Crippen molar-refractivity contribution < 1.29 is 2.85 Å². The molecule has 0 bridgehead atoms. The van der Waals surface area contributed by atoms with Crippen LogP contribution in [0.1, 0.15) is 56.7 Å². The molecule has 0 heterocycles. The van der Waals surface area contributed by atoms with E-state index in [4.69, 9.17) is 0 Å². The summed E-state index contributed by atoms with van der Waals surface area (Å²) < 4.78 is 0. The summed E-state index contributed by atoms with van der Waals surface area (Å²) in [5.74, 6) is 1.63. The molecular formula is C14H30. The average Bonchev–Trinajstić information content (AvgIpc) is 2.22. The van der Waals surface area contributed by atoms with Crippen molar-refractivity contribution in [2.75, 3.05) is 0 Å². The van der Waals surface area contributed by atoms with Gasteiger partial charge in [0.15, 0.2) is 0 Å². The van der Waals surface area contributed by atoms with E-state index in [9.17, 15) is 0 Å². The van der Waals surface area contributed by atoms with E-state index in [2.05, 4.69) is 39.0 Å². The molecule has 1 aliphatic carbocycles. The van der Waals surface area contributed by atoms with Gasteiger partial charge in [0.2, 0.25) is 0 Å². The topological polar surface area (TPSA) is 0 Å². The first-order valence-electron chi connectivity index (χ1n) is 6.05. The molecule has 14 heavy (non-hydrogen) atoms. The van der Waals surface area contributed by atoms with E-state index < -0.39 is 0 Å². The van der Waals surface area contributed by atoms with E-state index in [1.54, 1.807) is 5.57 Å². The zero-order valence-electron chi connectivity index (χ0n) is 10.5. The summed E-state index contributed by atoms with van der Waals surface area (Å²) in [5, 5.41) is 0. The second kappa shape index (κ2) is 7.84. The standard InChI is InChI=1S/C12H20.C2H6.2H2/c1-10(2)11(3)9-12-7-5-4-6-8-12;1-2;;/h5,7-8,10-11H,4,6,9H2,1-3H3;1-2H3;2*1H/t11-;;;/m1.../s1. The molecule has 0 amide bonds. The Morgan fingerprint density at radius 2 is 1.86 bits per heavy atom. The van der Waals surface area contributed by atoms with Gasteiger partial charge in [0.1, 0.15) is 0 Å². The fourth-order valence-electron chi connectivity index (χ4n) is 1.43. The van der Waals surface area contributed by atoms with Crippen molar-refractivity contribution in [1.29, 1.82) is 0 Å². The predicted octanol–water partition coefficient (Wildman–Crippen LogP) is 5.46. The molecule has 0 heteroatoms. The van der Waals surface area contributed by atoms with Crippen molar-refractivity contribution in [3.05, 3.63) is 23.8 Å². The third-order valence-corrected chi connectivity index (χ3v) is 2.77. The highest BCUT2D eigenvalue weighted by Gasteiger charge is 2.08. The molecule has 1 aliphatic rings. The van der Waals surface area contributed by atoms with Gasteiger partial charge < -0.3 is 0 Å². The molecule has 0 N–H and O–H groups in total. The molecule has 0 radical (unpaired) electrons. The molecule has 0 nitrogen and oxygen atoms in total. The average molecular weight is 198 g/mol. The third kappa shape index (κ3) is 5.26. The van der Waals surface area contributed by atoms with Crippen molar-refractivity contribution in [2.24, 2.45) is 11.8 Å². The zero-order chi connectivity index (χ0) is 11.0. The summed E-state index contributed by atoms with van der Waals surface area (Å²) in [6.07, 6.45) is 10.7. The fraction of sp³-hybridized carbons (Fsp3) is 0.714. The minimum Gasteiger partial charge on any atom is -0.0840 e. The second-order valence-corrected chi connectivity index (χ2v) is 4.18. The Labute approximate surface area is 93.1 Å². The van der Waals surface area contributed by atoms with Crippen molar-refractivity contribution in [1.82, 2.24) is 0 Å². The Balaban J connectivity index is -0.000000399. The molecule has 0 aromatic carbocycles. The summed E-state index contributed by atoms with van der Waals surface area (Å²) in [6, 6.07) is 0. The highest BCUT2D eigenvalue weighted by Crippen LogP contribution is 2.22. The van der Waals surface area contributed by atoms with Gasteiger partial charge >= 0.3 is 0 Å². The zero-order valence-corrected chi connectivity index (χ0v) is 10.5. The first-order chi connectivity index (χ1) is 6.70. The Kier molecular flexibility index (Phi) is 7.55. The van der Waals surface area contributed by atoms with Gasteiger partial charge in [0.25, 0.3) is 0 Å². The molecule has 0 fully saturated rings. The quantitative estimate of drug-likeness (QED) is 0.564. The number of hydrogen-bond acceptors (Lipinski definition) is 0. The maximum atomic E-state index is 2.39. The van der Waals surface area contributed by atoms with Crippen LogP contribution in [0.5, 0.6) is 0 Å². The van der Waals surface area contributed by atoms with E-state index >= 15 is 0 Å². The lowest BCUT2D eigenvalue weighted by atomic mass is 9.89. The van der Waals surface area contributed by atoms with Crippen molar-refractivity contribution in [3.8, 4) is 0 Å². The van der Waals surface area contributed by atoms with Gasteiger partial charge in [0.05, 0.1) is 0 Å². The molecule has 1 rings (SSSR count). The first kappa shape index (κ1) is 13.5. The molecule has 0 aromatic heterocycles. The minimum atomic E-state index is 0. The van der Waals surface area contributed by atoms with Crippen LogP contribution < -0.4 is 0 Å². The number of allylic oxidation sites excluding steroid dienone is 4. The summed E-state index contributed by atoms with van der Waals surface area (Å²) in [5.41, 5.74) is 1.54. The van der Waals surface area contributed by atoms with Gasteiger partial charge in [-0.1, -0.05) is 58.4 Å². The summed E-state index contributed by atoms with van der Waals surface area (Å²) >= 11 is 0. The van der Waals surface area contributed by atoms with Gasteiger partial charge in [-0.15, -0.1) is 0 Å². The maximum absolute atomic E-state index is 2.39. The van der Waals surface area contributed by atoms with E-state index in [-0.39, 0.29) is 2.85 Å². The van der Waals surface area contributed by atoms with Crippen LogP contribution in [0.4, 0.5) is 0 Å². The SMILES string of the molecule is CC.CC(C)[C@H](C)CC1=CCCC=C1.[HH].[HH]. The lowest BCUT2D eigenvalue weighted by Crippen LogP contribution is -2.04. The first-order valence-corrected chi connectivity index (χ1v) is 6.05. The van der Waals surface area contributed by atoms with Gasteiger partial charge in [-0.05, 0) is 31.1 Å². The molecule has 0 saturated heterocycles. The highest BCUT2D eigenvalue weighted by molar-refractivity contribution is 5.22. The number of rotatable bonds is 3. The second-order valence-electron chi connectivity index (χ2n) is 4.18. The smallest absolute Gasteiger partial charge is 0 e. The van der Waals surface area contributed by atoms with Crippen LogP contribution in [0.15, 0.2) is 23.8 Å². The van der Waals surface area contributed by atoms with Crippen LogP contribution in [0.3, 0.4) is 0 Å². The van der Waals surface area contributed by atoms with Gasteiger partial charge in [-0.25, -0.2) is 0 Å². The molecule has 86 valence electrons. The van der Waals surface area contributed by atoms with E-state index in [1.807, 2.05) is 13.8 Å². The van der Waals surface area contributed by atoms with Gasteiger partial charge in [0, 0.05) is 2.85 Å². The maximum Gasteiger partial charge on any atom is 0 e. The van der Waals surface area contributed by atoms with Crippen LogP contribution in [-0.4, -0.2) is 0 Å². The monoisotopic (exact) mass is 198 g/mol. The predicted molar refractivity (Wildman–Crippen MR) is 70.7 cm³/mol. The van der Waals surface area contributed by atoms with E-state index in [0.29, 0.717) is 0 Å². The molecule has 0 saturated carbocycles. The van der Waals surface area contributed by atoms with Gasteiger partial charge in [-0.3, -0.25) is 0 Å². The van der Waals surface area contributed by atoms with Crippen LogP contribution in [-0.2, 0) is 0 Å². The Hall–Kier alpha value is -0.520. The normalized spacial score (nSPS) is 17.1. The lowest BCUT2D eigenvalue weighted by Gasteiger charge is -2.17. The van der Waals surface area contributed by atoms with Crippen molar-refractivity contribution in [2.45, 2.75) is 53.9 Å². The molecule has 0 unspecified atom stereocenters. The third-order valence-electron chi connectivity index (χ3n) is 2.77. The molecular weight excluding hydrogens is 168 g/mol. The number of hydrogen-bond donors (Lipinski definition) is 0. The van der Waals surface area contributed by atoms with Gasteiger partial charge in [-0.2, -0.15) is 0 Å². The Morgan fingerprint density at radius 3 is 2.29 bits per heavy atom. The van der Waals surface area contributed by atoms with E-state index in [0.717, 1.165) is 11.8 Å². The Bertz CT molecular complexity index is 193. The van der Waals surface area contributed by atoms with Crippen LogP contribution in [0.25, 0.3) is 0 Å². The van der Waals surface area contributed by atoms with Crippen LogP contribution >= 0.6 is 0 Å². The Morgan fingerprint density at radius 1 is 1.21 bits per heavy atom. The minimum absolute atomic E-state index is 0. The van der Waals surface area contributed by atoms with Crippen LogP contribution in [0, 0.1) is 11.8 Å². The largest absolute Gasteiger partial charge is 0.0840 e. The summed E-state index contributed by atoms with van der Waals surface area (Å²) in [6.45, 7) is 10.9. The fourth-order valence-corrected chi connectivity index (χ4v) is 1.43. The van der Waals surface area contributed by atoms with E-state index in [1.165, 1.54) is 19.3 Å². The molecule has 0 spiro atoms. The van der Waals surface area contributed by atoms with Crippen LogP contribution in [0.2, 0.25) is 0 Å². The summed E-state index contributed by atoms with van der Waals surface area (Å²) in [4.78, 5) is 0. The molecule has 0 aliphatic heterocycles.